The number of nitrogens with one attached hydrogen (secondary N) is 1. The van der Waals surface area contributed by atoms with Crippen LogP contribution in [0, 0.1) is 0 Å². The van der Waals surface area contributed by atoms with Crippen molar-refractivity contribution >= 4 is 11.8 Å². The van der Waals surface area contributed by atoms with E-state index in [1.807, 2.05) is 84.9 Å². The number of hydrogen-bond acceptors (Lipinski definition) is 4. The largest absolute Gasteiger partial charge is 0.489 e. The first-order chi connectivity index (χ1) is 15.1. The van der Waals surface area contributed by atoms with Crippen LogP contribution in [-0.2, 0) is 34.0 Å². The predicted molar refractivity (Wildman–Crippen MR) is 118 cm³/mol. The van der Waals surface area contributed by atoms with Crippen LogP contribution in [0.2, 0.25) is 0 Å². The Morgan fingerprint density at radius 1 is 0.774 bits per heavy atom. The van der Waals surface area contributed by atoms with Gasteiger partial charge in [-0.05, 0) is 28.8 Å². The molecule has 3 rings (SSSR count). The highest BCUT2D eigenvalue weighted by molar-refractivity contribution is 5.87. The Balaban J connectivity index is 1.46. The SMILES string of the molecule is NC(=O)[C@@H](Cc1ccc(OCc2ccccc2)cc1)NC(=O)COCc1ccccc1. The topological polar surface area (TPSA) is 90.7 Å². The molecule has 0 aromatic heterocycles. The molecule has 0 spiro atoms. The summed E-state index contributed by atoms with van der Waals surface area (Å²) in [5, 5.41) is 2.64. The van der Waals surface area contributed by atoms with Crippen LogP contribution in [0.1, 0.15) is 16.7 Å². The number of benzene rings is 3. The number of ether oxygens (including phenoxy) is 2. The Morgan fingerprint density at radius 2 is 1.35 bits per heavy atom. The van der Waals surface area contributed by atoms with Crippen LogP contribution < -0.4 is 15.8 Å². The summed E-state index contributed by atoms with van der Waals surface area (Å²) < 4.78 is 11.2. The second-order valence-corrected chi connectivity index (χ2v) is 7.12. The number of hydrogen-bond donors (Lipinski definition) is 2. The van der Waals surface area contributed by atoms with E-state index in [2.05, 4.69) is 5.32 Å². The smallest absolute Gasteiger partial charge is 0.246 e. The Morgan fingerprint density at radius 3 is 1.94 bits per heavy atom. The maximum absolute atomic E-state index is 12.1. The molecule has 6 nitrogen and oxygen atoms in total. The van der Waals surface area contributed by atoms with E-state index in [1.54, 1.807) is 0 Å². The molecule has 0 aliphatic rings. The van der Waals surface area contributed by atoms with E-state index >= 15 is 0 Å². The zero-order valence-electron chi connectivity index (χ0n) is 17.2. The molecule has 3 aromatic rings. The third kappa shape index (κ3) is 7.60. The summed E-state index contributed by atoms with van der Waals surface area (Å²) in [5.74, 6) is -0.259. The van der Waals surface area contributed by atoms with Crippen LogP contribution in [-0.4, -0.2) is 24.5 Å². The van der Waals surface area contributed by atoms with Crippen LogP contribution in [0.3, 0.4) is 0 Å². The van der Waals surface area contributed by atoms with Gasteiger partial charge in [0.25, 0.3) is 0 Å². The molecule has 31 heavy (non-hydrogen) atoms. The number of amides is 2. The van der Waals surface area contributed by atoms with Gasteiger partial charge in [-0.2, -0.15) is 0 Å². The zero-order valence-corrected chi connectivity index (χ0v) is 17.2. The minimum absolute atomic E-state index is 0.148. The fraction of sp³-hybridized carbons (Fsp3) is 0.200. The van der Waals surface area contributed by atoms with Gasteiger partial charge in [-0.1, -0.05) is 72.8 Å². The van der Waals surface area contributed by atoms with E-state index in [0.29, 0.717) is 19.6 Å². The van der Waals surface area contributed by atoms with E-state index in [1.165, 1.54) is 0 Å². The molecule has 160 valence electrons. The van der Waals surface area contributed by atoms with Crippen LogP contribution in [0.25, 0.3) is 0 Å². The van der Waals surface area contributed by atoms with Crippen molar-refractivity contribution in [3.8, 4) is 5.75 Å². The molecule has 0 fully saturated rings. The summed E-state index contributed by atoms with van der Waals surface area (Å²) in [6.45, 7) is 0.647. The van der Waals surface area contributed by atoms with Crippen molar-refractivity contribution in [2.75, 3.05) is 6.61 Å². The highest BCUT2D eigenvalue weighted by atomic mass is 16.5. The summed E-state index contributed by atoms with van der Waals surface area (Å²) in [6.07, 6.45) is 0.290. The standard InChI is InChI=1S/C25H26N2O4/c26-25(29)23(27-24(28)18-30-16-20-7-3-1-4-8-20)15-19-11-13-22(14-12-19)31-17-21-9-5-2-6-10-21/h1-14,23H,15-18H2,(H2,26,29)(H,27,28)/t23-/m1/s1. The highest BCUT2D eigenvalue weighted by Crippen LogP contribution is 2.15. The molecule has 0 heterocycles. The van der Waals surface area contributed by atoms with Gasteiger partial charge in [-0.3, -0.25) is 9.59 Å². The van der Waals surface area contributed by atoms with Crippen LogP contribution in [0.4, 0.5) is 0 Å². The Hall–Kier alpha value is -3.64. The van der Waals surface area contributed by atoms with Crippen molar-refractivity contribution in [2.24, 2.45) is 5.73 Å². The van der Waals surface area contributed by atoms with E-state index in [-0.39, 0.29) is 12.5 Å². The van der Waals surface area contributed by atoms with Gasteiger partial charge in [0.1, 0.15) is 25.0 Å². The second kappa shape index (κ2) is 11.5. The molecule has 0 aliphatic carbocycles. The minimum Gasteiger partial charge on any atom is -0.489 e. The lowest BCUT2D eigenvalue weighted by Crippen LogP contribution is -2.47. The van der Waals surface area contributed by atoms with Gasteiger partial charge in [-0.15, -0.1) is 0 Å². The first-order valence-electron chi connectivity index (χ1n) is 10.1. The molecule has 0 saturated heterocycles. The second-order valence-electron chi connectivity index (χ2n) is 7.12. The Labute approximate surface area is 182 Å². The van der Waals surface area contributed by atoms with E-state index in [9.17, 15) is 9.59 Å². The summed E-state index contributed by atoms with van der Waals surface area (Å²) in [4.78, 5) is 24.0. The maximum atomic E-state index is 12.1. The predicted octanol–water partition coefficient (Wildman–Crippen LogP) is 3.00. The van der Waals surface area contributed by atoms with Gasteiger partial charge in [0.15, 0.2) is 0 Å². The van der Waals surface area contributed by atoms with Gasteiger partial charge in [0.05, 0.1) is 6.61 Å². The first-order valence-corrected chi connectivity index (χ1v) is 10.1. The van der Waals surface area contributed by atoms with Crippen molar-refractivity contribution in [3.05, 3.63) is 102 Å². The molecule has 3 N–H and O–H groups in total. The quantitative estimate of drug-likeness (QED) is 0.501. The summed E-state index contributed by atoms with van der Waals surface area (Å²) in [7, 11) is 0. The number of rotatable bonds is 11. The molecular weight excluding hydrogens is 392 g/mol. The van der Waals surface area contributed by atoms with Gasteiger partial charge < -0.3 is 20.5 Å². The summed E-state index contributed by atoms with van der Waals surface area (Å²) in [5.41, 5.74) is 8.39. The lowest BCUT2D eigenvalue weighted by molar-refractivity contribution is -0.130. The number of carbonyl (C=O) groups excluding carboxylic acids is 2. The molecular formula is C25H26N2O4. The third-order valence-electron chi connectivity index (χ3n) is 4.63. The van der Waals surface area contributed by atoms with Crippen molar-refractivity contribution in [3.63, 3.8) is 0 Å². The van der Waals surface area contributed by atoms with Gasteiger partial charge >= 0.3 is 0 Å². The molecule has 0 radical (unpaired) electrons. The monoisotopic (exact) mass is 418 g/mol. The van der Waals surface area contributed by atoms with Crippen molar-refractivity contribution < 1.29 is 19.1 Å². The molecule has 0 aliphatic heterocycles. The molecule has 1 atom stereocenters. The number of primary amides is 1. The Bertz CT molecular complexity index is 960. The van der Waals surface area contributed by atoms with Gasteiger partial charge in [0.2, 0.25) is 11.8 Å². The number of nitrogens with two attached hydrogens (primary N) is 1. The molecule has 0 saturated carbocycles. The third-order valence-corrected chi connectivity index (χ3v) is 4.63. The van der Waals surface area contributed by atoms with Crippen molar-refractivity contribution in [1.82, 2.24) is 5.32 Å². The lowest BCUT2D eigenvalue weighted by Gasteiger charge is -2.16. The van der Waals surface area contributed by atoms with Crippen molar-refractivity contribution in [1.29, 1.82) is 0 Å². The molecule has 6 heteroatoms. The average Bonchev–Trinajstić information content (AvgIpc) is 2.79. The van der Waals surface area contributed by atoms with Crippen LogP contribution in [0.5, 0.6) is 5.75 Å². The highest BCUT2D eigenvalue weighted by Gasteiger charge is 2.18. The fourth-order valence-corrected chi connectivity index (χ4v) is 2.99. The van der Waals surface area contributed by atoms with E-state index in [0.717, 1.165) is 22.4 Å². The van der Waals surface area contributed by atoms with Crippen molar-refractivity contribution in [2.45, 2.75) is 25.7 Å². The number of carbonyl (C=O) groups is 2. The lowest BCUT2D eigenvalue weighted by atomic mass is 10.1. The minimum atomic E-state index is -0.816. The molecule has 0 bridgehead atoms. The van der Waals surface area contributed by atoms with E-state index < -0.39 is 11.9 Å². The normalized spacial score (nSPS) is 11.5. The Kier molecular flexibility index (Phi) is 8.20. The van der Waals surface area contributed by atoms with E-state index in [4.69, 9.17) is 15.2 Å². The average molecular weight is 418 g/mol. The molecule has 3 aromatic carbocycles. The fourth-order valence-electron chi connectivity index (χ4n) is 2.99. The zero-order chi connectivity index (χ0) is 21.9. The summed E-state index contributed by atoms with van der Waals surface area (Å²) >= 11 is 0. The van der Waals surface area contributed by atoms with Gasteiger partial charge in [-0.25, -0.2) is 0 Å². The summed E-state index contributed by atoms with van der Waals surface area (Å²) in [6, 6.07) is 26.0. The van der Waals surface area contributed by atoms with Gasteiger partial charge in [0, 0.05) is 6.42 Å². The maximum Gasteiger partial charge on any atom is 0.246 e. The van der Waals surface area contributed by atoms with Crippen LogP contribution >= 0.6 is 0 Å². The molecule has 0 unspecified atom stereocenters. The molecule has 2 amide bonds. The first kappa shape index (κ1) is 22.1. The van der Waals surface area contributed by atoms with Crippen LogP contribution in [0.15, 0.2) is 84.9 Å².